The number of hydrogen-bond acceptors (Lipinski definition) is 3. The van der Waals surface area contributed by atoms with Crippen molar-refractivity contribution in [1.82, 2.24) is 10.3 Å². The van der Waals surface area contributed by atoms with Crippen molar-refractivity contribution >= 4 is 5.91 Å². The summed E-state index contributed by atoms with van der Waals surface area (Å²) in [5.41, 5.74) is 2.15. The van der Waals surface area contributed by atoms with E-state index in [0.717, 1.165) is 18.7 Å². The van der Waals surface area contributed by atoms with Crippen LogP contribution in [0.4, 0.5) is 0 Å². The minimum Gasteiger partial charge on any atom is -0.373 e. The molecule has 1 fully saturated rings. The van der Waals surface area contributed by atoms with Crippen LogP contribution in [0.2, 0.25) is 0 Å². The zero-order valence-electron chi connectivity index (χ0n) is 13.2. The minimum absolute atomic E-state index is 0.0781. The van der Waals surface area contributed by atoms with E-state index in [4.69, 9.17) is 4.74 Å². The Morgan fingerprint density at radius 1 is 1.17 bits per heavy atom. The summed E-state index contributed by atoms with van der Waals surface area (Å²) in [6, 6.07) is 16.0. The smallest absolute Gasteiger partial charge is 0.220 e. The Hall–Kier alpha value is -2.20. The summed E-state index contributed by atoms with van der Waals surface area (Å²) in [6.45, 7) is 1.43. The van der Waals surface area contributed by atoms with Crippen LogP contribution in [0.15, 0.2) is 54.7 Å². The normalized spacial score (nSPS) is 20.3. The van der Waals surface area contributed by atoms with Gasteiger partial charge in [0.1, 0.15) is 0 Å². The predicted octanol–water partition coefficient (Wildman–Crippen LogP) is 2.91. The maximum absolute atomic E-state index is 12.0. The monoisotopic (exact) mass is 310 g/mol. The van der Waals surface area contributed by atoms with Gasteiger partial charge >= 0.3 is 0 Å². The maximum Gasteiger partial charge on any atom is 0.220 e. The minimum atomic E-state index is 0.0781. The fraction of sp³-hybridized carbons (Fsp3) is 0.368. The van der Waals surface area contributed by atoms with E-state index >= 15 is 0 Å². The van der Waals surface area contributed by atoms with Crippen LogP contribution in [0.1, 0.15) is 30.2 Å². The SMILES string of the molecule is O=C(CCc1ccccn1)NC[C@H]1CCO[C@@H]1c1ccccc1. The molecule has 2 heterocycles. The van der Waals surface area contributed by atoms with Gasteiger partial charge in [0, 0.05) is 37.4 Å². The molecule has 0 radical (unpaired) electrons. The highest BCUT2D eigenvalue weighted by molar-refractivity contribution is 5.76. The van der Waals surface area contributed by atoms with E-state index in [2.05, 4.69) is 22.4 Å². The molecule has 1 saturated heterocycles. The second kappa shape index (κ2) is 7.88. The number of rotatable bonds is 6. The van der Waals surface area contributed by atoms with Crippen molar-refractivity contribution in [2.24, 2.45) is 5.92 Å². The number of aryl methyl sites for hydroxylation is 1. The van der Waals surface area contributed by atoms with Crippen LogP contribution >= 0.6 is 0 Å². The summed E-state index contributed by atoms with van der Waals surface area (Å²) in [4.78, 5) is 16.3. The molecule has 0 bridgehead atoms. The third-order valence-corrected chi connectivity index (χ3v) is 4.24. The van der Waals surface area contributed by atoms with Gasteiger partial charge in [0.15, 0.2) is 0 Å². The van der Waals surface area contributed by atoms with Crippen LogP contribution in [0.5, 0.6) is 0 Å². The number of aromatic nitrogens is 1. The largest absolute Gasteiger partial charge is 0.373 e. The molecule has 1 aliphatic rings. The Balaban J connectivity index is 1.46. The van der Waals surface area contributed by atoms with E-state index in [0.29, 0.717) is 25.3 Å². The van der Waals surface area contributed by atoms with Crippen molar-refractivity contribution in [2.45, 2.75) is 25.4 Å². The Bertz CT molecular complexity index is 616. The molecule has 3 rings (SSSR count). The molecule has 0 spiro atoms. The molecule has 0 aliphatic carbocycles. The Morgan fingerprint density at radius 2 is 2.00 bits per heavy atom. The Morgan fingerprint density at radius 3 is 2.78 bits per heavy atom. The fourth-order valence-electron chi connectivity index (χ4n) is 2.97. The van der Waals surface area contributed by atoms with Gasteiger partial charge in [0.25, 0.3) is 0 Å². The first-order valence-corrected chi connectivity index (χ1v) is 8.16. The molecular formula is C19H22N2O2. The molecular weight excluding hydrogens is 288 g/mol. The lowest BCUT2D eigenvalue weighted by Crippen LogP contribution is -2.30. The van der Waals surface area contributed by atoms with E-state index < -0.39 is 0 Å². The lowest BCUT2D eigenvalue weighted by Gasteiger charge is -2.19. The quantitative estimate of drug-likeness (QED) is 0.892. The van der Waals surface area contributed by atoms with E-state index in [-0.39, 0.29) is 12.0 Å². The molecule has 23 heavy (non-hydrogen) atoms. The number of amides is 1. The lowest BCUT2D eigenvalue weighted by molar-refractivity contribution is -0.121. The molecule has 120 valence electrons. The number of carbonyl (C=O) groups is 1. The van der Waals surface area contributed by atoms with Crippen LogP contribution in [-0.2, 0) is 16.0 Å². The molecule has 0 saturated carbocycles. The molecule has 0 unspecified atom stereocenters. The van der Waals surface area contributed by atoms with E-state index in [1.54, 1.807) is 6.20 Å². The standard InChI is InChI=1S/C19H22N2O2/c22-18(10-9-17-8-4-5-12-20-17)21-14-16-11-13-23-19(16)15-6-2-1-3-7-15/h1-8,12,16,19H,9-11,13-14H2,(H,21,22)/t16-,19-/m1/s1. The van der Waals surface area contributed by atoms with Gasteiger partial charge < -0.3 is 10.1 Å². The molecule has 2 aromatic rings. The van der Waals surface area contributed by atoms with Crippen LogP contribution < -0.4 is 5.32 Å². The summed E-state index contributed by atoms with van der Waals surface area (Å²) in [6.07, 6.45) is 3.98. The van der Waals surface area contributed by atoms with Gasteiger partial charge in [-0.25, -0.2) is 0 Å². The fourth-order valence-corrected chi connectivity index (χ4v) is 2.97. The second-order valence-corrected chi connectivity index (χ2v) is 5.88. The number of carbonyl (C=O) groups excluding carboxylic acids is 1. The van der Waals surface area contributed by atoms with Gasteiger partial charge in [0.2, 0.25) is 5.91 Å². The molecule has 4 nitrogen and oxygen atoms in total. The third kappa shape index (κ3) is 4.39. The van der Waals surface area contributed by atoms with E-state index in [1.807, 2.05) is 36.4 Å². The van der Waals surface area contributed by atoms with Crippen LogP contribution in [0.25, 0.3) is 0 Å². The van der Waals surface area contributed by atoms with Gasteiger partial charge in [-0.1, -0.05) is 36.4 Å². The number of pyridine rings is 1. The summed E-state index contributed by atoms with van der Waals surface area (Å²) in [7, 11) is 0. The topological polar surface area (TPSA) is 51.2 Å². The molecule has 1 aromatic carbocycles. The summed E-state index contributed by atoms with van der Waals surface area (Å²) in [5, 5.41) is 3.05. The predicted molar refractivity (Wildman–Crippen MR) is 88.8 cm³/mol. The number of nitrogens with zero attached hydrogens (tertiary/aromatic N) is 1. The van der Waals surface area contributed by atoms with Gasteiger partial charge in [0.05, 0.1) is 6.10 Å². The lowest BCUT2D eigenvalue weighted by atomic mass is 9.95. The highest BCUT2D eigenvalue weighted by Crippen LogP contribution is 2.33. The average Bonchev–Trinajstić information content (AvgIpc) is 3.08. The van der Waals surface area contributed by atoms with Crippen molar-refractivity contribution < 1.29 is 9.53 Å². The number of ether oxygens (including phenoxy) is 1. The van der Waals surface area contributed by atoms with Crippen LogP contribution in [0.3, 0.4) is 0 Å². The summed E-state index contributed by atoms with van der Waals surface area (Å²) < 4.78 is 5.85. The highest BCUT2D eigenvalue weighted by atomic mass is 16.5. The van der Waals surface area contributed by atoms with Crippen LogP contribution in [0, 0.1) is 5.92 Å². The van der Waals surface area contributed by atoms with Crippen molar-refractivity contribution in [1.29, 1.82) is 0 Å². The van der Waals surface area contributed by atoms with Gasteiger partial charge in [-0.3, -0.25) is 9.78 Å². The van der Waals surface area contributed by atoms with Crippen molar-refractivity contribution in [3.05, 3.63) is 66.0 Å². The Labute approximate surface area is 136 Å². The second-order valence-electron chi connectivity index (χ2n) is 5.88. The van der Waals surface area contributed by atoms with Crippen molar-refractivity contribution in [3.63, 3.8) is 0 Å². The van der Waals surface area contributed by atoms with Crippen molar-refractivity contribution in [2.75, 3.05) is 13.2 Å². The first-order chi connectivity index (χ1) is 11.3. The molecule has 1 N–H and O–H groups in total. The van der Waals surface area contributed by atoms with E-state index in [9.17, 15) is 4.79 Å². The zero-order valence-corrected chi connectivity index (χ0v) is 13.2. The Kier molecular flexibility index (Phi) is 5.37. The highest BCUT2D eigenvalue weighted by Gasteiger charge is 2.29. The molecule has 1 aliphatic heterocycles. The van der Waals surface area contributed by atoms with Crippen molar-refractivity contribution in [3.8, 4) is 0 Å². The molecule has 4 heteroatoms. The van der Waals surface area contributed by atoms with Gasteiger partial charge in [-0.2, -0.15) is 0 Å². The first kappa shape index (κ1) is 15.7. The molecule has 2 atom stereocenters. The van der Waals surface area contributed by atoms with Crippen LogP contribution in [-0.4, -0.2) is 24.0 Å². The number of hydrogen-bond donors (Lipinski definition) is 1. The number of benzene rings is 1. The zero-order chi connectivity index (χ0) is 15.9. The number of nitrogens with one attached hydrogen (secondary N) is 1. The summed E-state index contributed by atoms with van der Waals surface area (Å²) in [5.74, 6) is 0.422. The maximum atomic E-state index is 12.0. The van der Waals surface area contributed by atoms with Gasteiger partial charge in [-0.05, 0) is 30.5 Å². The first-order valence-electron chi connectivity index (χ1n) is 8.16. The summed E-state index contributed by atoms with van der Waals surface area (Å²) >= 11 is 0. The third-order valence-electron chi connectivity index (χ3n) is 4.24. The average molecular weight is 310 g/mol. The molecule has 1 amide bonds. The molecule has 1 aromatic heterocycles. The van der Waals surface area contributed by atoms with E-state index in [1.165, 1.54) is 5.56 Å². The van der Waals surface area contributed by atoms with Gasteiger partial charge in [-0.15, -0.1) is 0 Å².